The predicted molar refractivity (Wildman–Crippen MR) is 114 cm³/mol. The van der Waals surface area contributed by atoms with E-state index in [2.05, 4.69) is 35.7 Å². The molecule has 1 aliphatic rings. The first-order valence-electron chi connectivity index (χ1n) is 10.3. The van der Waals surface area contributed by atoms with Crippen LogP contribution in [0, 0.1) is 5.92 Å². The molecule has 1 aromatic rings. The second-order valence-corrected chi connectivity index (χ2v) is 7.12. The lowest BCUT2D eigenvalue weighted by molar-refractivity contribution is -0.121. The SMILES string of the molecule is CCNC(=O)CCCC=CC[C@H]1C=CO[C@@H]1C=C[C@@H](O)CCc1ccccc1. The van der Waals surface area contributed by atoms with Crippen molar-refractivity contribution in [3.63, 3.8) is 0 Å². The summed E-state index contributed by atoms with van der Waals surface area (Å²) in [5.74, 6) is 0.413. The summed E-state index contributed by atoms with van der Waals surface area (Å²) in [6, 6.07) is 10.2. The van der Waals surface area contributed by atoms with Crippen LogP contribution in [0.2, 0.25) is 0 Å². The van der Waals surface area contributed by atoms with E-state index in [1.54, 1.807) is 6.26 Å². The quantitative estimate of drug-likeness (QED) is 0.417. The van der Waals surface area contributed by atoms with Crippen molar-refractivity contribution in [1.29, 1.82) is 0 Å². The van der Waals surface area contributed by atoms with E-state index in [1.807, 2.05) is 37.3 Å². The van der Waals surface area contributed by atoms with Crippen LogP contribution in [0.25, 0.3) is 0 Å². The molecule has 0 fully saturated rings. The number of nitrogens with one attached hydrogen (secondary N) is 1. The highest BCUT2D eigenvalue weighted by molar-refractivity contribution is 5.75. The molecular formula is C24H33NO3. The number of allylic oxidation sites excluding steroid dienone is 2. The molecule has 2 rings (SSSR count). The zero-order valence-corrected chi connectivity index (χ0v) is 16.8. The maximum absolute atomic E-state index is 11.4. The number of ether oxygens (including phenoxy) is 1. The number of hydrogen-bond acceptors (Lipinski definition) is 3. The lowest BCUT2D eigenvalue weighted by atomic mass is 9.98. The molecule has 0 saturated heterocycles. The van der Waals surface area contributed by atoms with Gasteiger partial charge in [-0.1, -0.05) is 48.6 Å². The van der Waals surface area contributed by atoms with Gasteiger partial charge in [0.15, 0.2) is 0 Å². The zero-order chi connectivity index (χ0) is 20.0. The molecule has 0 saturated carbocycles. The standard InChI is InChI=1S/C24H33NO3/c1-2-25-24(27)13-9-4-3-8-12-21-18-19-28-23(21)17-16-22(26)15-14-20-10-6-5-7-11-20/h3,5-8,10-11,16-19,21-23,26H,2,4,9,12-15H2,1H3,(H,25,27)/t21-,22-,23+/m0/s1. The van der Waals surface area contributed by atoms with Gasteiger partial charge in [-0.25, -0.2) is 0 Å². The highest BCUT2D eigenvalue weighted by atomic mass is 16.5. The van der Waals surface area contributed by atoms with Crippen molar-refractivity contribution in [2.24, 2.45) is 5.92 Å². The number of rotatable bonds is 12. The number of benzene rings is 1. The number of aliphatic hydroxyl groups excluding tert-OH is 1. The molecule has 2 N–H and O–H groups in total. The highest BCUT2D eigenvalue weighted by Crippen LogP contribution is 2.23. The average Bonchev–Trinajstić information content (AvgIpc) is 3.16. The molecule has 4 nitrogen and oxygen atoms in total. The topological polar surface area (TPSA) is 58.6 Å². The minimum absolute atomic E-state index is 0.0219. The molecule has 4 heteroatoms. The summed E-state index contributed by atoms with van der Waals surface area (Å²) in [6.07, 6.45) is 16.3. The summed E-state index contributed by atoms with van der Waals surface area (Å²) in [5, 5.41) is 13.0. The van der Waals surface area contributed by atoms with E-state index in [0.29, 0.717) is 19.4 Å². The average molecular weight is 384 g/mol. The molecule has 1 amide bonds. The second-order valence-electron chi connectivity index (χ2n) is 7.12. The lowest BCUT2D eigenvalue weighted by Crippen LogP contribution is -2.21. The second kappa shape index (κ2) is 12.9. The monoisotopic (exact) mass is 383 g/mol. The fraction of sp³-hybridized carbons (Fsp3) is 0.458. The maximum atomic E-state index is 11.4. The number of aliphatic hydroxyl groups is 1. The number of hydrogen-bond donors (Lipinski definition) is 2. The zero-order valence-electron chi connectivity index (χ0n) is 16.8. The van der Waals surface area contributed by atoms with Crippen molar-refractivity contribution >= 4 is 5.91 Å². The molecule has 0 radical (unpaired) electrons. The molecule has 152 valence electrons. The Morgan fingerprint density at radius 2 is 2.11 bits per heavy atom. The molecule has 1 heterocycles. The summed E-state index contributed by atoms with van der Waals surface area (Å²) in [5.41, 5.74) is 1.24. The smallest absolute Gasteiger partial charge is 0.219 e. The summed E-state index contributed by atoms with van der Waals surface area (Å²) in [7, 11) is 0. The summed E-state index contributed by atoms with van der Waals surface area (Å²) in [6.45, 7) is 2.63. The van der Waals surface area contributed by atoms with Crippen molar-refractivity contribution in [3.05, 3.63) is 72.5 Å². The van der Waals surface area contributed by atoms with Gasteiger partial charge >= 0.3 is 0 Å². The number of carbonyl (C=O) groups excluding carboxylic acids is 1. The molecule has 0 spiro atoms. The van der Waals surface area contributed by atoms with Crippen LogP contribution in [0.15, 0.2) is 67.0 Å². The first kappa shape index (κ1) is 22.0. The summed E-state index contributed by atoms with van der Waals surface area (Å²) < 4.78 is 5.65. The van der Waals surface area contributed by atoms with Crippen LogP contribution in [0.5, 0.6) is 0 Å². The van der Waals surface area contributed by atoms with Crippen LogP contribution in [-0.4, -0.2) is 29.8 Å². The van der Waals surface area contributed by atoms with Crippen molar-refractivity contribution in [2.45, 2.75) is 57.7 Å². The maximum Gasteiger partial charge on any atom is 0.219 e. The summed E-state index contributed by atoms with van der Waals surface area (Å²) in [4.78, 5) is 11.4. The Kier molecular flexibility index (Phi) is 10.2. The Hall–Kier alpha value is -2.33. The minimum Gasteiger partial charge on any atom is -0.494 e. The Balaban J connectivity index is 1.65. The van der Waals surface area contributed by atoms with E-state index in [-0.39, 0.29) is 17.9 Å². The van der Waals surface area contributed by atoms with Gasteiger partial charge in [-0.15, -0.1) is 0 Å². The van der Waals surface area contributed by atoms with E-state index >= 15 is 0 Å². The third-order valence-corrected chi connectivity index (χ3v) is 4.80. The molecular weight excluding hydrogens is 350 g/mol. The summed E-state index contributed by atoms with van der Waals surface area (Å²) >= 11 is 0. The van der Waals surface area contributed by atoms with Crippen molar-refractivity contribution in [3.8, 4) is 0 Å². The van der Waals surface area contributed by atoms with Gasteiger partial charge in [-0.2, -0.15) is 0 Å². The number of amides is 1. The molecule has 0 aliphatic carbocycles. The van der Waals surface area contributed by atoms with Crippen molar-refractivity contribution in [2.75, 3.05) is 6.54 Å². The van der Waals surface area contributed by atoms with E-state index in [1.165, 1.54) is 5.56 Å². The minimum atomic E-state index is -0.463. The number of unbranched alkanes of at least 4 members (excludes halogenated alkanes) is 1. The van der Waals surface area contributed by atoms with Gasteiger partial charge in [0, 0.05) is 18.9 Å². The van der Waals surface area contributed by atoms with Gasteiger partial charge in [0.1, 0.15) is 6.10 Å². The first-order chi connectivity index (χ1) is 13.7. The van der Waals surface area contributed by atoms with Crippen LogP contribution in [0.4, 0.5) is 0 Å². The van der Waals surface area contributed by atoms with Gasteiger partial charge in [-0.3, -0.25) is 4.79 Å². The Bertz CT molecular complexity index is 651. The van der Waals surface area contributed by atoms with Crippen LogP contribution >= 0.6 is 0 Å². The van der Waals surface area contributed by atoms with Crippen LogP contribution in [-0.2, 0) is 16.0 Å². The predicted octanol–water partition coefficient (Wildman–Crippen LogP) is 4.32. The van der Waals surface area contributed by atoms with E-state index < -0.39 is 6.10 Å². The highest BCUT2D eigenvalue weighted by Gasteiger charge is 2.20. The van der Waals surface area contributed by atoms with Crippen LogP contribution in [0.1, 0.15) is 44.6 Å². The number of carbonyl (C=O) groups is 1. The third-order valence-electron chi connectivity index (χ3n) is 4.80. The molecule has 0 bridgehead atoms. The Morgan fingerprint density at radius 1 is 1.29 bits per heavy atom. The largest absolute Gasteiger partial charge is 0.494 e. The molecule has 0 unspecified atom stereocenters. The van der Waals surface area contributed by atoms with Gasteiger partial charge in [0.05, 0.1) is 12.4 Å². The van der Waals surface area contributed by atoms with Crippen LogP contribution in [0.3, 0.4) is 0 Å². The van der Waals surface area contributed by atoms with Crippen LogP contribution < -0.4 is 5.32 Å². The normalized spacial score (nSPS) is 19.9. The third kappa shape index (κ3) is 8.57. The van der Waals surface area contributed by atoms with Gasteiger partial charge in [0.2, 0.25) is 5.91 Å². The molecule has 1 aromatic carbocycles. The van der Waals surface area contributed by atoms with Crippen molar-refractivity contribution in [1.82, 2.24) is 5.32 Å². The van der Waals surface area contributed by atoms with Gasteiger partial charge in [0.25, 0.3) is 0 Å². The van der Waals surface area contributed by atoms with Gasteiger partial charge in [-0.05, 0) is 56.7 Å². The van der Waals surface area contributed by atoms with E-state index in [9.17, 15) is 9.90 Å². The van der Waals surface area contributed by atoms with Crippen molar-refractivity contribution < 1.29 is 14.6 Å². The lowest BCUT2D eigenvalue weighted by Gasteiger charge is -2.14. The fourth-order valence-corrected chi connectivity index (χ4v) is 3.18. The van der Waals surface area contributed by atoms with E-state index in [0.717, 1.165) is 25.7 Å². The fourth-order valence-electron chi connectivity index (χ4n) is 3.18. The molecule has 0 aromatic heterocycles. The molecule has 3 atom stereocenters. The van der Waals surface area contributed by atoms with E-state index in [4.69, 9.17) is 4.74 Å². The van der Waals surface area contributed by atoms with Gasteiger partial charge < -0.3 is 15.2 Å². The molecule has 28 heavy (non-hydrogen) atoms. The molecule has 1 aliphatic heterocycles. The number of aryl methyl sites for hydroxylation is 1. The first-order valence-corrected chi connectivity index (χ1v) is 10.3. The Labute approximate surface area is 169 Å². The Morgan fingerprint density at radius 3 is 2.89 bits per heavy atom.